The van der Waals surface area contributed by atoms with Gasteiger partial charge in [-0.05, 0) is 11.8 Å². The van der Waals surface area contributed by atoms with Crippen molar-refractivity contribution in [2.24, 2.45) is 17.6 Å². The highest BCUT2D eigenvalue weighted by Crippen LogP contribution is 2.16. The predicted octanol–water partition coefficient (Wildman–Crippen LogP) is 0.615. The first-order valence-corrected chi connectivity index (χ1v) is 4.56. The van der Waals surface area contributed by atoms with E-state index in [0.717, 1.165) is 0 Å². The van der Waals surface area contributed by atoms with Gasteiger partial charge < -0.3 is 15.6 Å². The zero-order valence-corrected chi connectivity index (χ0v) is 8.29. The van der Waals surface area contributed by atoms with Crippen LogP contribution in [0.15, 0.2) is 0 Å². The van der Waals surface area contributed by atoms with Gasteiger partial charge in [-0.2, -0.15) is 0 Å². The summed E-state index contributed by atoms with van der Waals surface area (Å²) in [6.45, 7) is 7.41. The average Bonchev–Trinajstić information content (AvgIpc) is 2.05. The lowest BCUT2D eigenvalue weighted by atomic mass is 9.92. The number of rotatable bonds is 6. The maximum Gasteiger partial charge on any atom is 0.0726 e. The van der Waals surface area contributed by atoms with Crippen molar-refractivity contribution in [2.45, 2.75) is 26.9 Å². The summed E-state index contributed by atoms with van der Waals surface area (Å²) in [6, 6.07) is 0. The van der Waals surface area contributed by atoms with E-state index in [-0.39, 0.29) is 12.7 Å². The Morgan fingerprint density at radius 3 is 2.25 bits per heavy atom. The maximum atomic E-state index is 8.57. The largest absolute Gasteiger partial charge is 0.394 e. The van der Waals surface area contributed by atoms with Gasteiger partial charge in [0.2, 0.25) is 0 Å². The van der Waals surface area contributed by atoms with Crippen LogP contribution >= 0.6 is 0 Å². The van der Waals surface area contributed by atoms with Crippen molar-refractivity contribution in [3.8, 4) is 0 Å². The summed E-state index contributed by atoms with van der Waals surface area (Å²) in [5, 5.41) is 8.57. The Labute approximate surface area is 74.9 Å². The number of hydrogen-bond donors (Lipinski definition) is 2. The van der Waals surface area contributed by atoms with E-state index in [0.29, 0.717) is 25.0 Å². The molecule has 3 N–H and O–H groups in total. The molecule has 0 radical (unpaired) electrons. The summed E-state index contributed by atoms with van der Waals surface area (Å²) < 4.78 is 5.39. The third-order valence-electron chi connectivity index (χ3n) is 2.29. The monoisotopic (exact) mass is 175 g/mol. The highest BCUT2D eigenvalue weighted by Gasteiger charge is 2.18. The SMILES string of the molecule is CC(C)C(C)C(CN)OCCO. The van der Waals surface area contributed by atoms with Gasteiger partial charge in [-0.25, -0.2) is 0 Å². The van der Waals surface area contributed by atoms with Gasteiger partial charge >= 0.3 is 0 Å². The first kappa shape index (κ1) is 11.9. The summed E-state index contributed by atoms with van der Waals surface area (Å²) in [4.78, 5) is 0. The first-order valence-electron chi connectivity index (χ1n) is 4.56. The summed E-state index contributed by atoms with van der Waals surface area (Å²) in [7, 11) is 0. The predicted molar refractivity (Wildman–Crippen MR) is 49.9 cm³/mol. The van der Waals surface area contributed by atoms with Crippen LogP contribution in [0.3, 0.4) is 0 Å². The molecule has 3 heteroatoms. The molecule has 0 aromatic rings. The molecule has 3 nitrogen and oxygen atoms in total. The smallest absolute Gasteiger partial charge is 0.0726 e. The Bertz CT molecular complexity index is 107. The van der Waals surface area contributed by atoms with E-state index in [4.69, 9.17) is 15.6 Å². The van der Waals surface area contributed by atoms with Crippen LogP contribution in [-0.2, 0) is 4.74 Å². The molecule has 0 amide bonds. The Morgan fingerprint density at radius 1 is 1.33 bits per heavy atom. The summed E-state index contributed by atoms with van der Waals surface area (Å²) in [5.41, 5.74) is 5.55. The number of aliphatic hydroxyl groups excluding tert-OH is 1. The van der Waals surface area contributed by atoms with Crippen molar-refractivity contribution in [1.82, 2.24) is 0 Å². The Balaban J connectivity index is 3.79. The summed E-state index contributed by atoms with van der Waals surface area (Å²) in [5.74, 6) is 1.01. The molecule has 12 heavy (non-hydrogen) atoms. The quantitative estimate of drug-likeness (QED) is 0.622. The van der Waals surface area contributed by atoms with Gasteiger partial charge in [0.15, 0.2) is 0 Å². The maximum absolute atomic E-state index is 8.57. The van der Waals surface area contributed by atoms with Gasteiger partial charge in [0.25, 0.3) is 0 Å². The fourth-order valence-corrected chi connectivity index (χ4v) is 1.07. The summed E-state index contributed by atoms with van der Waals surface area (Å²) in [6.07, 6.45) is 0.0807. The van der Waals surface area contributed by atoms with Gasteiger partial charge in [-0.3, -0.25) is 0 Å². The molecule has 0 fully saturated rings. The van der Waals surface area contributed by atoms with Crippen LogP contribution < -0.4 is 5.73 Å². The van der Waals surface area contributed by atoms with Crippen LogP contribution in [0.5, 0.6) is 0 Å². The molecule has 0 aromatic carbocycles. The third kappa shape index (κ3) is 4.04. The van der Waals surface area contributed by atoms with Gasteiger partial charge in [0.1, 0.15) is 0 Å². The van der Waals surface area contributed by atoms with Crippen molar-refractivity contribution in [3.05, 3.63) is 0 Å². The van der Waals surface area contributed by atoms with E-state index in [1.807, 2.05) is 0 Å². The molecule has 0 bridgehead atoms. The van der Waals surface area contributed by atoms with Gasteiger partial charge in [0.05, 0.1) is 19.3 Å². The zero-order valence-electron chi connectivity index (χ0n) is 8.29. The van der Waals surface area contributed by atoms with E-state index in [1.54, 1.807) is 0 Å². The lowest BCUT2D eigenvalue weighted by Gasteiger charge is -2.25. The molecule has 0 aliphatic carbocycles. The molecular formula is C9H21NO2. The van der Waals surface area contributed by atoms with Crippen molar-refractivity contribution < 1.29 is 9.84 Å². The molecule has 0 aliphatic heterocycles. The van der Waals surface area contributed by atoms with Crippen LogP contribution in [0, 0.1) is 11.8 Å². The fourth-order valence-electron chi connectivity index (χ4n) is 1.07. The topological polar surface area (TPSA) is 55.5 Å². The van der Waals surface area contributed by atoms with Crippen LogP contribution in [0.2, 0.25) is 0 Å². The second-order valence-electron chi connectivity index (χ2n) is 3.47. The highest BCUT2D eigenvalue weighted by molar-refractivity contribution is 4.69. The average molecular weight is 175 g/mol. The minimum absolute atomic E-state index is 0.0707. The Hall–Kier alpha value is -0.120. The van der Waals surface area contributed by atoms with Crippen molar-refractivity contribution in [2.75, 3.05) is 19.8 Å². The number of hydrogen-bond acceptors (Lipinski definition) is 3. The Kier molecular flexibility index (Phi) is 6.34. The first-order chi connectivity index (χ1) is 5.63. The minimum atomic E-state index is 0.0707. The summed E-state index contributed by atoms with van der Waals surface area (Å²) >= 11 is 0. The Morgan fingerprint density at radius 2 is 1.92 bits per heavy atom. The van der Waals surface area contributed by atoms with E-state index in [9.17, 15) is 0 Å². The number of ether oxygens (including phenoxy) is 1. The number of nitrogens with two attached hydrogens (primary N) is 1. The van der Waals surface area contributed by atoms with Gasteiger partial charge in [-0.1, -0.05) is 20.8 Å². The second-order valence-corrected chi connectivity index (χ2v) is 3.47. The molecule has 0 saturated heterocycles. The van der Waals surface area contributed by atoms with E-state index >= 15 is 0 Å². The van der Waals surface area contributed by atoms with Crippen molar-refractivity contribution in [3.63, 3.8) is 0 Å². The molecule has 0 spiro atoms. The molecule has 2 unspecified atom stereocenters. The van der Waals surface area contributed by atoms with Crippen LogP contribution in [0.4, 0.5) is 0 Å². The van der Waals surface area contributed by atoms with Crippen molar-refractivity contribution >= 4 is 0 Å². The fraction of sp³-hybridized carbons (Fsp3) is 1.00. The van der Waals surface area contributed by atoms with Crippen molar-refractivity contribution in [1.29, 1.82) is 0 Å². The van der Waals surface area contributed by atoms with Crippen LogP contribution in [0.25, 0.3) is 0 Å². The molecule has 74 valence electrons. The molecule has 0 rings (SSSR count). The molecule has 0 aliphatic rings. The lowest BCUT2D eigenvalue weighted by Crippen LogP contribution is -2.33. The zero-order chi connectivity index (χ0) is 9.56. The normalized spacial score (nSPS) is 16.5. The van der Waals surface area contributed by atoms with Crippen LogP contribution in [-0.4, -0.2) is 31.0 Å². The molecule has 0 aromatic heterocycles. The van der Waals surface area contributed by atoms with E-state index in [2.05, 4.69) is 20.8 Å². The van der Waals surface area contributed by atoms with Gasteiger partial charge in [-0.15, -0.1) is 0 Å². The highest BCUT2D eigenvalue weighted by atomic mass is 16.5. The molecular weight excluding hydrogens is 154 g/mol. The molecule has 0 saturated carbocycles. The van der Waals surface area contributed by atoms with E-state index < -0.39 is 0 Å². The minimum Gasteiger partial charge on any atom is -0.394 e. The third-order valence-corrected chi connectivity index (χ3v) is 2.29. The van der Waals surface area contributed by atoms with Gasteiger partial charge in [0, 0.05) is 6.54 Å². The standard InChI is InChI=1S/C9H21NO2/c1-7(2)8(3)9(6-10)12-5-4-11/h7-9,11H,4-6,10H2,1-3H3. The second kappa shape index (κ2) is 6.40. The molecule has 2 atom stereocenters. The van der Waals surface area contributed by atoms with Crippen LogP contribution in [0.1, 0.15) is 20.8 Å². The van der Waals surface area contributed by atoms with E-state index in [1.165, 1.54) is 0 Å². The lowest BCUT2D eigenvalue weighted by molar-refractivity contribution is -0.00693. The number of aliphatic hydroxyl groups is 1. The molecule has 0 heterocycles.